The molecule has 0 aliphatic heterocycles. The summed E-state index contributed by atoms with van der Waals surface area (Å²) in [7, 11) is 0. The predicted molar refractivity (Wildman–Crippen MR) is 95.1 cm³/mol. The minimum absolute atomic E-state index is 0.135. The van der Waals surface area contributed by atoms with E-state index in [1.807, 2.05) is 19.9 Å². The quantitative estimate of drug-likeness (QED) is 0.744. The molecule has 25 heavy (non-hydrogen) atoms. The van der Waals surface area contributed by atoms with Crippen molar-refractivity contribution in [2.75, 3.05) is 6.61 Å². The van der Waals surface area contributed by atoms with Gasteiger partial charge in [0.2, 0.25) is 0 Å². The van der Waals surface area contributed by atoms with Gasteiger partial charge >= 0.3 is 5.97 Å². The number of aliphatic carboxylic acids is 1. The normalized spacial score (nSPS) is 36.2. The molecular formula is C20H30O5. The highest BCUT2D eigenvalue weighted by molar-refractivity contribution is 5.97. The number of carbonyl (C=O) groups excluding carboxylic acids is 1. The van der Waals surface area contributed by atoms with Crippen molar-refractivity contribution in [2.24, 2.45) is 17.3 Å². The van der Waals surface area contributed by atoms with E-state index >= 15 is 0 Å². The number of hydrogen-bond donors (Lipinski definition) is 2. The summed E-state index contributed by atoms with van der Waals surface area (Å²) in [5.74, 6) is -0.806. The van der Waals surface area contributed by atoms with Crippen molar-refractivity contribution in [3.8, 4) is 0 Å². The van der Waals surface area contributed by atoms with Crippen LogP contribution in [0.2, 0.25) is 0 Å². The number of ether oxygens (including phenoxy) is 1. The van der Waals surface area contributed by atoms with E-state index in [1.54, 1.807) is 6.92 Å². The van der Waals surface area contributed by atoms with Crippen molar-refractivity contribution in [1.29, 1.82) is 0 Å². The summed E-state index contributed by atoms with van der Waals surface area (Å²) in [6.07, 6.45) is 5.01. The summed E-state index contributed by atoms with van der Waals surface area (Å²) in [5.41, 5.74) is -0.333. The van der Waals surface area contributed by atoms with Crippen molar-refractivity contribution >= 4 is 11.8 Å². The summed E-state index contributed by atoms with van der Waals surface area (Å²) >= 11 is 0. The molecule has 2 aliphatic carbocycles. The van der Waals surface area contributed by atoms with Crippen LogP contribution in [0.5, 0.6) is 0 Å². The molecule has 2 N–H and O–H groups in total. The van der Waals surface area contributed by atoms with Gasteiger partial charge < -0.3 is 14.9 Å². The van der Waals surface area contributed by atoms with Crippen LogP contribution in [0.4, 0.5) is 0 Å². The Morgan fingerprint density at radius 3 is 2.64 bits per heavy atom. The van der Waals surface area contributed by atoms with Gasteiger partial charge in [-0.15, -0.1) is 0 Å². The molecule has 0 spiro atoms. The van der Waals surface area contributed by atoms with Crippen molar-refractivity contribution in [1.82, 2.24) is 0 Å². The van der Waals surface area contributed by atoms with Crippen LogP contribution in [0, 0.1) is 17.3 Å². The van der Waals surface area contributed by atoms with E-state index in [0.29, 0.717) is 12.8 Å². The molecule has 140 valence electrons. The van der Waals surface area contributed by atoms with Crippen LogP contribution >= 0.6 is 0 Å². The third-order valence-electron chi connectivity index (χ3n) is 5.89. The molecule has 0 amide bonds. The minimum Gasteiger partial charge on any atom is -0.478 e. The molecule has 0 radical (unpaired) electrons. The average molecular weight is 350 g/mol. The number of hydrogen-bond acceptors (Lipinski definition) is 4. The Bertz CT molecular complexity index is 614. The van der Waals surface area contributed by atoms with E-state index in [1.165, 1.54) is 13.0 Å². The fourth-order valence-corrected chi connectivity index (χ4v) is 4.27. The molecule has 0 unspecified atom stereocenters. The highest BCUT2D eigenvalue weighted by atomic mass is 16.5. The first-order valence-corrected chi connectivity index (χ1v) is 8.98. The molecule has 5 heteroatoms. The maximum Gasteiger partial charge on any atom is 0.331 e. The number of fused-ring (bicyclic) bond motifs is 1. The molecule has 0 bridgehead atoms. The number of Topliss-reactive ketones (excluding diaryl/α,β-unsaturated/α-hetero) is 1. The fraction of sp³-hybridized carbons (Fsp3) is 0.700. The lowest BCUT2D eigenvalue weighted by molar-refractivity contribution is -0.174. The Kier molecular flexibility index (Phi) is 5.59. The van der Waals surface area contributed by atoms with E-state index in [4.69, 9.17) is 9.84 Å². The standard InChI is InChI=1S/C20H30O5/c1-12(2)14-10-16-19(4,11-15(14)21)8-6-17(20(16,5)24)25-9-7-13(3)18(22)23/h7,10,12,16-17,24H,6,8-9,11H2,1-5H3,(H,22,23)/b13-7-/t16-,17+,19-,20+/m1/s1. The molecule has 5 nitrogen and oxygen atoms in total. The number of allylic oxidation sites excluding steroid dienone is 1. The Morgan fingerprint density at radius 2 is 2.08 bits per heavy atom. The van der Waals surface area contributed by atoms with Crippen LogP contribution in [0.1, 0.15) is 53.9 Å². The van der Waals surface area contributed by atoms with Gasteiger partial charge in [0.1, 0.15) is 0 Å². The maximum absolute atomic E-state index is 12.5. The van der Waals surface area contributed by atoms with Gasteiger partial charge in [-0.3, -0.25) is 4.79 Å². The number of carboxylic acids is 1. The molecule has 0 heterocycles. The van der Waals surface area contributed by atoms with Gasteiger partial charge in [-0.25, -0.2) is 4.79 Å². The molecule has 2 rings (SSSR count). The van der Waals surface area contributed by atoms with E-state index in [2.05, 4.69) is 6.92 Å². The summed E-state index contributed by atoms with van der Waals surface area (Å²) in [5, 5.41) is 20.1. The summed E-state index contributed by atoms with van der Waals surface area (Å²) in [6, 6.07) is 0. The topological polar surface area (TPSA) is 83.8 Å². The molecule has 0 aromatic carbocycles. The molecule has 0 aromatic heterocycles. The van der Waals surface area contributed by atoms with Crippen LogP contribution in [0.25, 0.3) is 0 Å². The Morgan fingerprint density at radius 1 is 1.44 bits per heavy atom. The second-order valence-electron chi connectivity index (χ2n) is 8.29. The van der Waals surface area contributed by atoms with Gasteiger partial charge in [-0.05, 0) is 49.7 Å². The largest absolute Gasteiger partial charge is 0.478 e. The zero-order chi connectivity index (χ0) is 19.0. The SMILES string of the molecule is C/C(=C/CO[C@H]1CC[C@]2(C)CC(=O)C(C(C)C)=C[C@H]2[C@]1(C)O)C(=O)O. The van der Waals surface area contributed by atoms with Crippen molar-refractivity contribution in [3.63, 3.8) is 0 Å². The maximum atomic E-state index is 12.5. The van der Waals surface area contributed by atoms with Gasteiger partial charge in [0, 0.05) is 17.9 Å². The molecule has 1 fully saturated rings. The summed E-state index contributed by atoms with van der Waals surface area (Å²) < 4.78 is 5.83. The van der Waals surface area contributed by atoms with Crippen LogP contribution in [-0.4, -0.2) is 40.3 Å². The lowest BCUT2D eigenvalue weighted by Crippen LogP contribution is -2.58. The second-order valence-corrected chi connectivity index (χ2v) is 8.29. The number of carbonyl (C=O) groups is 2. The minimum atomic E-state index is -1.10. The molecule has 1 saturated carbocycles. The highest BCUT2D eigenvalue weighted by Crippen LogP contribution is 2.53. The van der Waals surface area contributed by atoms with Gasteiger partial charge in [0.15, 0.2) is 5.78 Å². The van der Waals surface area contributed by atoms with Crippen molar-refractivity contribution in [2.45, 2.75) is 65.6 Å². The Balaban J connectivity index is 2.22. The van der Waals surface area contributed by atoms with Crippen molar-refractivity contribution < 1.29 is 24.5 Å². The van der Waals surface area contributed by atoms with Crippen molar-refractivity contribution in [3.05, 3.63) is 23.3 Å². The first-order valence-electron chi connectivity index (χ1n) is 8.98. The third kappa shape index (κ3) is 3.87. The van der Waals surface area contributed by atoms with Gasteiger partial charge in [0.05, 0.1) is 18.3 Å². The smallest absolute Gasteiger partial charge is 0.331 e. The monoisotopic (exact) mass is 350 g/mol. The molecular weight excluding hydrogens is 320 g/mol. The van der Waals surface area contributed by atoms with Crippen LogP contribution in [0.3, 0.4) is 0 Å². The first-order chi connectivity index (χ1) is 11.5. The molecule has 4 atom stereocenters. The lowest BCUT2D eigenvalue weighted by atomic mass is 9.55. The van der Waals surface area contributed by atoms with Gasteiger partial charge in [-0.1, -0.05) is 26.8 Å². The fourth-order valence-electron chi connectivity index (χ4n) is 4.27. The zero-order valence-electron chi connectivity index (χ0n) is 15.8. The van der Waals surface area contributed by atoms with E-state index in [9.17, 15) is 14.7 Å². The molecule has 2 aliphatic rings. The lowest BCUT2D eigenvalue weighted by Gasteiger charge is -2.54. The molecule has 0 aromatic rings. The summed E-state index contributed by atoms with van der Waals surface area (Å²) in [6.45, 7) is 9.52. The Labute approximate surface area is 149 Å². The molecule has 0 saturated heterocycles. The number of carboxylic acid groups (broad SMARTS) is 1. The van der Waals surface area contributed by atoms with E-state index in [0.717, 1.165) is 12.0 Å². The summed E-state index contributed by atoms with van der Waals surface area (Å²) in [4.78, 5) is 23.3. The first kappa shape index (κ1) is 19.9. The van der Waals surface area contributed by atoms with Crippen LogP contribution in [0.15, 0.2) is 23.3 Å². The number of aliphatic hydroxyl groups is 1. The highest BCUT2D eigenvalue weighted by Gasteiger charge is 2.55. The average Bonchev–Trinajstić information content (AvgIpc) is 2.48. The van der Waals surface area contributed by atoms with Crippen LogP contribution < -0.4 is 0 Å². The Hall–Kier alpha value is -1.46. The van der Waals surface area contributed by atoms with Gasteiger partial charge in [0.25, 0.3) is 0 Å². The third-order valence-corrected chi connectivity index (χ3v) is 5.89. The predicted octanol–water partition coefficient (Wildman–Crippen LogP) is 3.13. The second kappa shape index (κ2) is 7.04. The van der Waals surface area contributed by atoms with E-state index in [-0.39, 0.29) is 41.3 Å². The number of ketones is 1. The van der Waals surface area contributed by atoms with Gasteiger partial charge in [-0.2, -0.15) is 0 Å². The van der Waals surface area contributed by atoms with Crippen LogP contribution in [-0.2, 0) is 14.3 Å². The zero-order valence-corrected chi connectivity index (χ0v) is 15.8. The van der Waals surface area contributed by atoms with E-state index < -0.39 is 11.6 Å². The number of rotatable bonds is 5.